The highest BCUT2D eigenvalue weighted by atomic mass is 79.9. The third-order valence-electron chi connectivity index (χ3n) is 4.71. The minimum absolute atomic E-state index is 0.0779. The monoisotopic (exact) mass is 322 g/mol. The summed E-state index contributed by atoms with van der Waals surface area (Å²) in [6.07, 6.45) is 7.83. The fraction of sp³-hybridized carbons (Fsp3) is 0.600. The molecule has 1 aromatic heterocycles. The van der Waals surface area contributed by atoms with Gasteiger partial charge in [-0.05, 0) is 59.2 Å². The Balaban J connectivity index is 1.66. The van der Waals surface area contributed by atoms with Gasteiger partial charge in [-0.1, -0.05) is 18.9 Å². The Kier molecular flexibility index (Phi) is 3.61. The van der Waals surface area contributed by atoms with E-state index in [-0.39, 0.29) is 5.91 Å². The van der Waals surface area contributed by atoms with Gasteiger partial charge in [0.2, 0.25) is 0 Å². The molecule has 2 heterocycles. The van der Waals surface area contributed by atoms with E-state index in [1.54, 1.807) is 6.07 Å². The zero-order valence-corrected chi connectivity index (χ0v) is 12.7. The molecule has 3 nitrogen and oxygen atoms in total. The van der Waals surface area contributed by atoms with E-state index in [2.05, 4.69) is 20.9 Å². The highest BCUT2D eigenvalue weighted by Crippen LogP contribution is 2.46. The smallest absolute Gasteiger partial charge is 0.272 e. The molecule has 0 unspecified atom stereocenters. The summed E-state index contributed by atoms with van der Waals surface area (Å²) in [6, 6.07) is 5.51. The summed E-state index contributed by atoms with van der Waals surface area (Å²) in [5.74, 6) is 0.0779. The van der Waals surface area contributed by atoms with Crippen molar-refractivity contribution in [3.8, 4) is 0 Å². The van der Waals surface area contributed by atoms with Crippen LogP contribution in [0.5, 0.6) is 0 Å². The highest BCUT2D eigenvalue weighted by molar-refractivity contribution is 9.10. The van der Waals surface area contributed by atoms with Crippen molar-refractivity contribution in [3.63, 3.8) is 0 Å². The molecule has 3 rings (SSSR count). The number of likely N-dealkylation sites (tertiary alicyclic amines) is 1. The second-order valence-corrected chi connectivity index (χ2v) is 6.66. The average molecular weight is 323 g/mol. The molecular weight excluding hydrogens is 304 g/mol. The van der Waals surface area contributed by atoms with Crippen LogP contribution >= 0.6 is 15.9 Å². The number of amides is 1. The van der Waals surface area contributed by atoms with E-state index in [9.17, 15) is 4.79 Å². The summed E-state index contributed by atoms with van der Waals surface area (Å²) in [4.78, 5) is 18.6. The number of hydrogen-bond acceptors (Lipinski definition) is 2. The van der Waals surface area contributed by atoms with E-state index >= 15 is 0 Å². The van der Waals surface area contributed by atoms with Gasteiger partial charge in [0.25, 0.3) is 5.91 Å². The van der Waals surface area contributed by atoms with Crippen molar-refractivity contribution < 1.29 is 4.79 Å². The van der Waals surface area contributed by atoms with E-state index < -0.39 is 0 Å². The summed E-state index contributed by atoms with van der Waals surface area (Å²) in [5, 5.41) is 0. The van der Waals surface area contributed by atoms with Crippen molar-refractivity contribution in [1.82, 2.24) is 9.88 Å². The van der Waals surface area contributed by atoms with Crippen LogP contribution in [-0.2, 0) is 0 Å². The Labute approximate surface area is 122 Å². The second kappa shape index (κ2) is 5.23. The van der Waals surface area contributed by atoms with Crippen molar-refractivity contribution in [2.24, 2.45) is 5.41 Å². The lowest BCUT2D eigenvalue weighted by Crippen LogP contribution is -2.42. The minimum Gasteiger partial charge on any atom is -0.337 e. The third-order valence-corrected chi connectivity index (χ3v) is 5.15. The van der Waals surface area contributed by atoms with Gasteiger partial charge in [0.05, 0.1) is 0 Å². The molecule has 0 bridgehead atoms. The fourth-order valence-corrected chi connectivity index (χ4v) is 3.84. The maximum atomic E-state index is 12.4. The lowest BCUT2D eigenvalue weighted by Gasteiger charge is -2.39. The van der Waals surface area contributed by atoms with E-state index in [0.717, 1.165) is 17.7 Å². The van der Waals surface area contributed by atoms with Crippen LogP contribution in [0, 0.1) is 5.41 Å². The van der Waals surface area contributed by atoms with Crippen LogP contribution in [-0.4, -0.2) is 28.9 Å². The summed E-state index contributed by atoms with van der Waals surface area (Å²) in [6.45, 7) is 1.79. The Bertz CT molecular complexity index is 473. The SMILES string of the molecule is O=C(c1cccc(Br)n1)N1CCC2(CCCC2)CC1. The molecule has 1 spiro atoms. The lowest BCUT2D eigenvalue weighted by atomic mass is 9.77. The van der Waals surface area contributed by atoms with Crippen LogP contribution in [0.4, 0.5) is 0 Å². The number of aromatic nitrogens is 1. The minimum atomic E-state index is 0.0779. The van der Waals surface area contributed by atoms with Crippen molar-refractivity contribution in [3.05, 3.63) is 28.5 Å². The molecular formula is C15H19BrN2O. The van der Waals surface area contributed by atoms with Gasteiger partial charge in [0.15, 0.2) is 0 Å². The zero-order chi connectivity index (χ0) is 13.3. The zero-order valence-electron chi connectivity index (χ0n) is 11.1. The molecule has 19 heavy (non-hydrogen) atoms. The van der Waals surface area contributed by atoms with Crippen molar-refractivity contribution >= 4 is 21.8 Å². The first-order valence-corrected chi connectivity index (χ1v) is 7.90. The standard InChI is InChI=1S/C15H19BrN2O/c16-13-5-3-4-12(17-13)14(19)18-10-8-15(9-11-18)6-1-2-7-15/h3-5H,1-2,6-11H2. The van der Waals surface area contributed by atoms with Crippen molar-refractivity contribution in [1.29, 1.82) is 0 Å². The summed E-state index contributed by atoms with van der Waals surface area (Å²) < 4.78 is 0.725. The maximum Gasteiger partial charge on any atom is 0.272 e. The molecule has 1 aliphatic carbocycles. The van der Waals surface area contributed by atoms with Crippen LogP contribution in [0.2, 0.25) is 0 Å². The average Bonchev–Trinajstić information content (AvgIpc) is 2.87. The van der Waals surface area contributed by atoms with Gasteiger partial charge in [-0.2, -0.15) is 0 Å². The molecule has 0 N–H and O–H groups in total. The van der Waals surface area contributed by atoms with Gasteiger partial charge < -0.3 is 4.90 Å². The largest absolute Gasteiger partial charge is 0.337 e. The number of hydrogen-bond donors (Lipinski definition) is 0. The normalized spacial score (nSPS) is 21.8. The van der Waals surface area contributed by atoms with Gasteiger partial charge in [-0.25, -0.2) is 4.98 Å². The lowest BCUT2D eigenvalue weighted by molar-refractivity contribution is 0.0581. The molecule has 1 amide bonds. The number of rotatable bonds is 1. The van der Waals surface area contributed by atoms with Gasteiger partial charge in [-0.15, -0.1) is 0 Å². The molecule has 2 aliphatic rings. The molecule has 0 atom stereocenters. The van der Waals surface area contributed by atoms with Crippen LogP contribution in [0.25, 0.3) is 0 Å². The van der Waals surface area contributed by atoms with E-state index in [1.165, 1.54) is 38.5 Å². The number of nitrogens with zero attached hydrogens (tertiary/aromatic N) is 2. The first-order valence-electron chi connectivity index (χ1n) is 7.10. The number of piperidine rings is 1. The van der Waals surface area contributed by atoms with Crippen molar-refractivity contribution in [2.75, 3.05) is 13.1 Å². The molecule has 102 valence electrons. The quantitative estimate of drug-likeness (QED) is 0.739. The Morgan fingerprint density at radius 3 is 2.47 bits per heavy atom. The Hall–Kier alpha value is -0.900. The maximum absolute atomic E-state index is 12.4. The van der Waals surface area contributed by atoms with Gasteiger partial charge in [0, 0.05) is 13.1 Å². The Morgan fingerprint density at radius 2 is 1.84 bits per heavy atom. The third kappa shape index (κ3) is 2.69. The second-order valence-electron chi connectivity index (χ2n) is 5.84. The summed E-state index contributed by atoms with van der Waals surface area (Å²) in [7, 11) is 0. The molecule has 4 heteroatoms. The number of halogens is 1. The summed E-state index contributed by atoms with van der Waals surface area (Å²) in [5.41, 5.74) is 1.11. The molecule has 0 radical (unpaired) electrons. The molecule has 2 fully saturated rings. The Morgan fingerprint density at radius 1 is 1.16 bits per heavy atom. The highest BCUT2D eigenvalue weighted by Gasteiger charge is 2.38. The van der Waals surface area contributed by atoms with Gasteiger partial charge >= 0.3 is 0 Å². The fourth-order valence-electron chi connectivity index (χ4n) is 3.50. The van der Waals surface area contributed by atoms with Crippen LogP contribution in [0.15, 0.2) is 22.8 Å². The first kappa shape index (κ1) is 13.1. The van der Waals surface area contributed by atoms with E-state index in [4.69, 9.17) is 0 Å². The molecule has 1 aliphatic heterocycles. The van der Waals surface area contributed by atoms with Crippen LogP contribution in [0.1, 0.15) is 49.0 Å². The number of carbonyl (C=O) groups is 1. The van der Waals surface area contributed by atoms with Crippen LogP contribution in [0.3, 0.4) is 0 Å². The summed E-state index contributed by atoms with van der Waals surface area (Å²) >= 11 is 3.32. The predicted molar refractivity (Wildman–Crippen MR) is 78.0 cm³/mol. The van der Waals surface area contributed by atoms with Crippen LogP contribution < -0.4 is 0 Å². The molecule has 0 aromatic carbocycles. The molecule has 1 saturated carbocycles. The van der Waals surface area contributed by atoms with Gasteiger partial charge in [0.1, 0.15) is 10.3 Å². The number of pyridine rings is 1. The molecule has 1 aromatic rings. The van der Waals surface area contributed by atoms with E-state index in [0.29, 0.717) is 11.1 Å². The molecule has 1 saturated heterocycles. The topological polar surface area (TPSA) is 33.2 Å². The predicted octanol–water partition coefficient (Wildman–Crippen LogP) is 3.64. The van der Waals surface area contributed by atoms with Gasteiger partial charge in [-0.3, -0.25) is 4.79 Å². The first-order chi connectivity index (χ1) is 9.19. The number of carbonyl (C=O) groups excluding carboxylic acids is 1. The van der Waals surface area contributed by atoms with Crippen molar-refractivity contribution in [2.45, 2.75) is 38.5 Å². The van der Waals surface area contributed by atoms with E-state index in [1.807, 2.05) is 17.0 Å².